The summed E-state index contributed by atoms with van der Waals surface area (Å²) in [5.74, 6) is -0.577. The summed E-state index contributed by atoms with van der Waals surface area (Å²) >= 11 is 6.10. The summed E-state index contributed by atoms with van der Waals surface area (Å²) in [6, 6.07) is 9.50. The van der Waals surface area contributed by atoms with Crippen molar-refractivity contribution in [3.8, 4) is 0 Å². The van der Waals surface area contributed by atoms with Crippen LogP contribution in [0.1, 0.15) is 17.5 Å². The zero-order chi connectivity index (χ0) is 18.9. The SMILES string of the molecule is CNCCCN1Cc2cc(Cl)ccc2N(c2ccc(C)cc2F)S1(=O)=O. The number of hydrogen-bond acceptors (Lipinski definition) is 3. The molecule has 0 bridgehead atoms. The van der Waals surface area contributed by atoms with Crippen molar-refractivity contribution in [2.45, 2.75) is 19.9 Å². The number of rotatable bonds is 5. The fraction of sp³-hybridized carbons (Fsp3) is 0.333. The van der Waals surface area contributed by atoms with E-state index in [1.165, 1.54) is 16.4 Å². The topological polar surface area (TPSA) is 52.6 Å². The van der Waals surface area contributed by atoms with E-state index in [0.29, 0.717) is 30.2 Å². The number of hydrogen-bond donors (Lipinski definition) is 1. The summed E-state index contributed by atoms with van der Waals surface area (Å²) in [6.07, 6.45) is 0.649. The van der Waals surface area contributed by atoms with Gasteiger partial charge in [-0.1, -0.05) is 17.7 Å². The molecule has 1 heterocycles. The van der Waals surface area contributed by atoms with E-state index in [-0.39, 0.29) is 12.2 Å². The second-order valence-corrected chi connectivity index (χ2v) is 8.50. The number of aryl methyl sites for hydroxylation is 1. The molecular formula is C18H21ClFN3O2S. The second kappa shape index (κ2) is 7.52. The molecule has 0 saturated carbocycles. The van der Waals surface area contributed by atoms with Gasteiger partial charge >= 0.3 is 10.2 Å². The van der Waals surface area contributed by atoms with E-state index >= 15 is 0 Å². The molecule has 140 valence electrons. The molecule has 0 unspecified atom stereocenters. The minimum absolute atomic E-state index is 0.0116. The highest BCUT2D eigenvalue weighted by Gasteiger charge is 2.38. The van der Waals surface area contributed by atoms with Crippen LogP contribution in [0.3, 0.4) is 0 Å². The van der Waals surface area contributed by atoms with Crippen LogP contribution < -0.4 is 9.62 Å². The fourth-order valence-electron chi connectivity index (χ4n) is 3.05. The Hall–Kier alpha value is -1.67. The van der Waals surface area contributed by atoms with Crippen LogP contribution in [-0.2, 0) is 16.8 Å². The maximum absolute atomic E-state index is 14.6. The largest absolute Gasteiger partial charge is 0.320 e. The summed E-state index contributed by atoms with van der Waals surface area (Å²) in [4.78, 5) is 0. The molecule has 0 radical (unpaired) electrons. The van der Waals surface area contributed by atoms with Gasteiger partial charge in [0, 0.05) is 18.1 Å². The highest BCUT2D eigenvalue weighted by Crippen LogP contribution is 2.40. The summed E-state index contributed by atoms with van der Waals surface area (Å²) in [6.45, 7) is 2.99. The molecule has 1 aliphatic rings. The van der Waals surface area contributed by atoms with Crippen molar-refractivity contribution in [2.75, 3.05) is 24.4 Å². The van der Waals surface area contributed by atoms with Crippen LogP contribution in [-0.4, -0.2) is 32.9 Å². The monoisotopic (exact) mass is 397 g/mol. The van der Waals surface area contributed by atoms with Gasteiger partial charge in [-0.05, 0) is 68.4 Å². The van der Waals surface area contributed by atoms with Crippen molar-refractivity contribution in [3.05, 3.63) is 58.4 Å². The summed E-state index contributed by atoms with van der Waals surface area (Å²) in [5.41, 5.74) is 1.92. The number of nitrogens with zero attached hydrogens (tertiary/aromatic N) is 2. The van der Waals surface area contributed by atoms with Gasteiger partial charge in [0.05, 0.1) is 11.4 Å². The van der Waals surface area contributed by atoms with E-state index in [1.807, 2.05) is 7.05 Å². The minimum Gasteiger partial charge on any atom is -0.320 e. The lowest BCUT2D eigenvalue weighted by Gasteiger charge is -2.37. The zero-order valence-electron chi connectivity index (χ0n) is 14.7. The van der Waals surface area contributed by atoms with Gasteiger partial charge < -0.3 is 5.32 Å². The van der Waals surface area contributed by atoms with Gasteiger partial charge in [0.15, 0.2) is 0 Å². The molecule has 8 heteroatoms. The molecule has 0 saturated heterocycles. The average Bonchev–Trinajstić information content (AvgIpc) is 2.57. The molecule has 0 atom stereocenters. The van der Waals surface area contributed by atoms with Gasteiger partial charge in [0.2, 0.25) is 0 Å². The summed E-state index contributed by atoms with van der Waals surface area (Å²) in [7, 11) is -2.09. The van der Waals surface area contributed by atoms with Crippen LogP contribution in [0.2, 0.25) is 5.02 Å². The van der Waals surface area contributed by atoms with E-state index in [0.717, 1.165) is 15.4 Å². The maximum Gasteiger partial charge on any atom is 0.308 e. The van der Waals surface area contributed by atoms with Crippen molar-refractivity contribution in [3.63, 3.8) is 0 Å². The number of fused-ring (bicyclic) bond motifs is 1. The Balaban J connectivity index is 2.13. The van der Waals surface area contributed by atoms with Gasteiger partial charge in [0.1, 0.15) is 5.82 Å². The van der Waals surface area contributed by atoms with Crippen LogP contribution in [0.5, 0.6) is 0 Å². The first-order valence-corrected chi connectivity index (χ1v) is 10.1. The lowest BCUT2D eigenvalue weighted by molar-refractivity contribution is 0.392. The highest BCUT2D eigenvalue weighted by molar-refractivity contribution is 7.90. The highest BCUT2D eigenvalue weighted by atomic mass is 35.5. The molecule has 0 fully saturated rings. The second-order valence-electron chi connectivity index (χ2n) is 6.29. The van der Waals surface area contributed by atoms with E-state index < -0.39 is 16.0 Å². The standard InChI is InChI=1S/C18H21ClFN3O2S/c1-13-4-6-18(16(20)10-13)23-17-7-5-15(19)11-14(17)12-22(26(23,24)25)9-3-8-21-2/h4-7,10-11,21H,3,8-9,12H2,1-2H3. The van der Waals surface area contributed by atoms with Crippen molar-refractivity contribution in [1.29, 1.82) is 0 Å². The van der Waals surface area contributed by atoms with Crippen LogP contribution in [0.4, 0.5) is 15.8 Å². The lowest BCUT2D eigenvalue weighted by Crippen LogP contribution is -2.46. The van der Waals surface area contributed by atoms with Crippen molar-refractivity contribution in [2.24, 2.45) is 0 Å². The third-order valence-electron chi connectivity index (χ3n) is 4.32. The maximum atomic E-state index is 14.6. The van der Waals surface area contributed by atoms with Gasteiger partial charge in [-0.15, -0.1) is 0 Å². The van der Waals surface area contributed by atoms with E-state index in [2.05, 4.69) is 5.32 Å². The van der Waals surface area contributed by atoms with E-state index in [4.69, 9.17) is 11.6 Å². The fourth-order valence-corrected chi connectivity index (χ4v) is 4.96. The molecule has 2 aromatic carbocycles. The lowest BCUT2D eigenvalue weighted by atomic mass is 10.1. The molecule has 3 rings (SSSR count). The molecular weight excluding hydrogens is 377 g/mol. The molecule has 0 aromatic heterocycles. The number of halogens is 2. The van der Waals surface area contributed by atoms with Gasteiger partial charge in [-0.2, -0.15) is 12.7 Å². The minimum atomic E-state index is -3.90. The van der Waals surface area contributed by atoms with Crippen LogP contribution >= 0.6 is 11.6 Å². The average molecular weight is 398 g/mol. The molecule has 2 aromatic rings. The van der Waals surface area contributed by atoms with Crippen LogP contribution in [0.15, 0.2) is 36.4 Å². The Morgan fingerprint density at radius 3 is 2.62 bits per heavy atom. The molecule has 5 nitrogen and oxygen atoms in total. The first-order valence-electron chi connectivity index (χ1n) is 8.34. The van der Waals surface area contributed by atoms with Crippen molar-refractivity contribution < 1.29 is 12.8 Å². The molecule has 0 spiro atoms. The summed E-state index contributed by atoms with van der Waals surface area (Å²) in [5, 5.41) is 3.52. The predicted molar refractivity (Wildman–Crippen MR) is 103 cm³/mol. The Labute approximate surface area is 158 Å². The molecule has 0 amide bonds. The molecule has 1 aliphatic heterocycles. The number of benzene rings is 2. The molecule has 0 aliphatic carbocycles. The normalized spacial score (nSPS) is 16.5. The summed E-state index contributed by atoms with van der Waals surface area (Å²) < 4.78 is 43.5. The van der Waals surface area contributed by atoms with E-state index in [9.17, 15) is 12.8 Å². The number of nitrogens with one attached hydrogen (secondary N) is 1. The van der Waals surface area contributed by atoms with Crippen LogP contribution in [0, 0.1) is 12.7 Å². The number of anilines is 2. The molecule has 1 N–H and O–H groups in total. The Kier molecular flexibility index (Phi) is 5.53. The Bertz CT molecular complexity index is 921. The third kappa shape index (κ3) is 3.57. The van der Waals surface area contributed by atoms with Crippen LogP contribution in [0.25, 0.3) is 0 Å². The predicted octanol–water partition coefficient (Wildman–Crippen LogP) is 3.60. The first kappa shape index (κ1) is 19.1. The Morgan fingerprint density at radius 1 is 1.19 bits per heavy atom. The zero-order valence-corrected chi connectivity index (χ0v) is 16.2. The van der Waals surface area contributed by atoms with Gasteiger partial charge in [0.25, 0.3) is 0 Å². The third-order valence-corrected chi connectivity index (χ3v) is 6.37. The smallest absolute Gasteiger partial charge is 0.308 e. The first-order chi connectivity index (χ1) is 12.3. The van der Waals surface area contributed by atoms with Crippen molar-refractivity contribution >= 4 is 33.2 Å². The van der Waals surface area contributed by atoms with E-state index in [1.54, 1.807) is 31.2 Å². The van der Waals surface area contributed by atoms with Gasteiger partial charge in [-0.25, -0.2) is 8.70 Å². The quantitative estimate of drug-likeness (QED) is 0.784. The Morgan fingerprint density at radius 2 is 1.92 bits per heavy atom. The van der Waals surface area contributed by atoms with Crippen molar-refractivity contribution in [1.82, 2.24) is 9.62 Å². The molecule has 26 heavy (non-hydrogen) atoms. The van der Waals surface area contributed by atoms with Gasteiger partial charge in [-0.3, -0.25) is 0 Å².